The van der Waals surface area contributed by atoms with Crippen LogP contribution in [0.15, 0.2) is 53.4 Å². The molecule has 0 saturated heterocycles. The Morgan fingerprint density at radius 3 is 2.32 bits per heavy atom. The third-order valence-electron chi connectivity index (χ3n) is 4.62. The van der Waals surface area contributed by atoms with Gasteiger partial charge in [-0.15, -0.1) is 11.8 Å². The minimum Gasteiger partial charge on any atom is -0.497 e. The fourth-order valence-corrected chi connectivity index (χ4v) is 3.95. The monoisotopic (exact) mass is 398 g/mol. The van der Waals surface area contributed by atoms with Gasteiger partial charge in [0, 0.05) is 30.1 Å². The first-order valence-corrected chi connectivity index (χ1v) is 10.3. The molecule has 3 rings (SSSR count). The molecule has 28 heavy (non-hydrogen) atoms. The van der Waals surface area contributed by atoms with Crippen LogP contribution in [0.5, 0.6) is 5.75 Å². The van der Waals surface area contributed by atoms with E-state index in [0.29, 0.717) is 12.6 Å². The Morgan fingerprint density at radius 2 is 1.79 bits per heavy atom. The number of hydrogen-bond donors (Lipinski definition) is 1. The summed E-state index contributed by atoms with van der Waals surface area (Å²) in [5.74, 6) is 0.886. The molecule has 2 aromatic rings. The summed E-state index contributed by atoms with van der Waals surface area (Å²) >= 11 is 1.55. The van der Waals surface area contributed by atoms with Crippen LogP contribution in [-0.4, -0.2) is 35.1 Å². The summed E-state index contributed by atoms with van der Waals surface area (Å²) in [4.78, 5) is 27.2. The number of benzene rings is 2. The highest BCUT2D eigenvalue weighted by atomic mass is 32.2. The van der Waals surface area contributed by atoms with Gasteiger partial charge in [-0.3, -0.25) is 9.59 Å². The van der Waals surface area contributed by atoms with Crippen molar-refractivity contribution < 1.29 is 14.3 Å². The number of nitrogens with one attached hydrogen (secondary N) is 1. The largest absolute Gasteiger partial charge is 0.497 e. The van der Waals surface area contributed by atoms with E-state index >= 15 is 0 Å². The molecule has 0 radical (unpaired) electrons. The molecule has 1 saturated carbocycles. The number of rotatable bonds is 8. The molecule has 1 N–H and O–H groups in total. The van der Waals surface area contributed by atoms with E-state index in [2.05, 4.69) is 5.32 Å². The normalized spacial score (nSPS) is 14.2. The van der Waals surface area contributed by atoms with Gasteiger partial charge in [-0.1, -0.05) is 12.1 Å². The van der Waals surface area contributed by atoms with Crippen molar-refractivity contribution in [1.82, 2.24) is 4.90 Å². The first-order chi connectivity index (χ1) is 13.5. The van der Waals surface area contributed by atoms with E-state index in [1.807, 2.05) is 60.4 Å². The van der Waals surface area contributed by atoms with Gasteiger partial charge in [0.1, 0.15) is 5.75 Å². The third kappa shape index (κ3) is 5.52. The highest BCUT2D eigenvalue weighted by molar-refractivity contribution is 8.00. The highest BCUT2D eigenvalue weighted by Gasteiger charge is 2.34. The Labute approximate surface area is 170 Å². The van der Waals surface area contributed by atoms with Gasteiger partial charge in [-0.2, -0.15) is 0 Å². The predicted molar refractivity (Wildman–Crippen MR) is 113 cm³/mol. The number of thioether (sulfide) groups is 1. The summed E-state index contributed by atoms with van der Waals surface area (Å²) < 4.78 is 5.21. The zero-order valence-corrected chi connectivity index (χ0v) is 17.3. The second kappa shape index (κ2) is 9.15. The van der Waals surface area contributed by atoms with Gasteiger partial charge in [0.15, 0.2) is 0 Å². The summed E-state index contributed by atoms with van der Waals surface area (Å²) in [5.41, 5.74) is 1.87. The Balaban J connectivity index is 1.62. The number of anilines is 1. The number of nitrogens with zero attached hydrogens (tertiary/aromatic N) is 1. The van der Waals surface area contributed by atoms with Crippen LogP contribution < -0.4 is 10.1 Å². The Hall–Kier alpha value is -2.47. The average Bonchev–Trinajstić information content (AvgIpc) is 3.52. The SMILES string of the molecule is COc1ccc(CN(C(=O)C(C)Sc2ccc(NC(C)=O)cc2)C2CC2)cc1. The number of methoxy groups -OCH3 is 1. The van der Waals surface area contributed by atoms with Crippen LogP contribution in [0.2, 0.25) is 0 Å². The van der Waals surface area contributed by atoms with Gasteiger partial charge >= 0.3 is 0 Å². The molecule has 2 aromatic carbocycles. The summed E-state index contributed by atoms with van der Waals surface area (Å²) in [6.45, 7) is 4.07. The van der Waals surface area contributed by atoms with E-state index in [0.717, 1.165) is 34.7 Å². The van der Waals surface area contributed by atoms with Crippen LogP contribution >= 0.6 is 11.8 Å². The van der Waals surface area contributed by atoms with Crippen molar-refractivity contribution in [3.8, 4) is 5.75 Å². The average molecular weight is 399 g/mol. The summed E-state index contributed by atoms with van der Waals surface area (Å²) in [7, 11) is 1.65. The molecule has 1 fully saturated rings. The minimum atomic E-state index is -0.175. The van der Waals surface area contributed by atoms with Gasteiger partial charge in [-0.25, -0.2) is 0 Å². The van der Waals surface area contributed by atoms with Crippen molar-refractivity contribution in [1.29, 1.82) is 0 Å². The van der Waals surface area contributed by atoms with E-state index in [-0.39, 0.29) is 17.1 Å². The molecule has 148 valence electrons. The van der Waals surface area contributed by atoms with Crippen LogP contribution in [-0.2, 0) is 16.1 Å². The second-order valence-electron chi connectivity index (χ2n) is 7.01. The van der Waals surface area contributed by atoms with Gasteiger partial charge in [0.05, 0.1) is 12.4 Å². The van der Waals surface area contributed by atoms with Gasteiger partial charge < -0.3 is 15.0 Å². The van der Waals surface area contributed by atoms with Crippen molar-refractivity contribution in [3.05, 3.63) is 54.1 Å². The van der Waals surface area contributed by atoms with E-state index in [1.165, 1.54) is 6.92 Å². The Bertz CT molecular complexity index is 817. The minimum absolute atomic E-state index is 0.0949. The van der Waals surface area contributed by atoms with Crippen molar-refractivity contribution >= 4 is 29.3 Å². The van der Waals surface area contributed by atoms with Crippen LogP contribution in [0.4, 0.5) is 5.69 Å². The molecule has 1 aliphatic rings. The molecule has 0 spiro atoms. The predicted octanol–water partition coefficient (Wildman–Crippen LogP) is 4.33. The number of carbonyl (C=O) groups is 2. The van der Waals surface area contributed by atoms with Crippen molar-refractivity contribution in [2.24, 2.45) is 0 Å². The van der Waals surface area contributed by atoms with E-state index in [4.69, 9.17) is 4.74 Å². The van der Waals surface area contributed by atoms with Gasteiger partial charge in [0.25, 0.3) is 0 Å². The molecule has 1 unspecified atom stereocenters. The molecule has 2 amide bonds. The Morgan fingerprint density at radius 1 is 1.14 bits per heavy atom. The van der Waals surface area contributed by atoms with Gasteiger partial charge in [-0.05, 0) is 61.7 Å². The lowest BCUT2D eigenvalue weighted by molar-refractivity contribution is -0.131. The number of ether oxygens (including phenoxy) is 1. The van der Waals surface area contributed by atoms with Crippen LogP contribution in [0.1, 0.15) is 32.3 Å². The zero-order valence-electron chi connectivity index (χ0n) is 16.5. The van der Waals surface area contributed by atoms with Crippen LogP contribution in [0, 0.1) is 0 Å². The smallest absolute Gasteiger partial charge is 0.236 e. The van der Waals surface area contributed by atoms with Crippen LogP contribution in [0.25, 0.3) is 0 Å². The molecule has 0 bridgehead atoms. The highest BCUT2D eigenvalue weighted by Crippen LogP contribution is 2.33. The van der Waals surface area contributed by atoms with Crippen molar-refractivity contribution in [2.75, 3.05) is 12.4 Å². The quantitative estimate of drug-likeness (QED) is 0.673. The third-order valence-corrected chi connectivity index (χ3v) is 5.72. The molecule has 1 aliphatic carbocycles. The summed E-state index contributed by atoms with van der Waals surface area (Å²) in [5, 5.41) is 2.58. The second-order valence-corrected chi connectivity index (χ2v) is 8.43. The summed E-state index contributed by atoms with van der Waals surface area (Å²) in [6.07, 6.45) is 2.15. The van der Waals surface area contributed by atoms with E-state index in [1.54, 1.807) is 18.9 Å². The number of carbonyl (C=O) groups excluding carboxylic acids is 2. The molecule has 1 atom stereocenters. The first kappa shape index (κ1) is 20.3. The number of amides is 2. The van der Waals surface area contributed by atoms with Crippen molar-refractivity contribution in [2.45, 2.75) is 49.4 Å². The van der Waals surface area contributed by atoms with Gasteiger partial charge in [0.2, 0.25) is 11.8 Å². The van der Waals surface area contributed by atoms with Crippen molar-refractivity contribution in [3.63, 3.8) is 0 Å². The fraction of sp³-hybridized carbons (Fsp3) is 0.364. The molecule has 0 aliphatic heterocycles. The molecule has 0 heterocycles. The number of hydrogen-bond acceptors (Lipinski definition) is 4. The molecular weight excluding hydrogens is 372 g/mol. The topological polar surface area (TPSA) is 58.6 Å². The molecule has 5 nitrogen and oxygen atoms in total. The molecule has 0 aromatic heterocycles. The fourth-order valence-electron chi connectivity index (χ4n) is 3.01. The Kier molecular flexibility index (Phi) is 6.62. The zero-order chi connectivity index (χ0) is 20.1. The van der Waals surface area contributed by atoms with Crippen LogP contribution in [0.3, 0.4) is 0 Å². The lowest BCUT2D eigenvalue weighted by Gasteiger charge is -2.26. The maximum absolute atomic E-state index is 13.1. The maximum Gasteiger partial charge on any atom is 0.236 e. The molecular formula is C22H26N2O3S. The first-order valence-electron chi connectivity index (χ1n) is 9.44. The summed E-state index contributed by atoms with van der Waals surface area (Å²) in [6, 6.07) is 15.8. The lowest BCUT2D eigenvalue weighted by Crippen LogP contribution is -2.37. The van der Waals surface area contributed by atoms with E-state index in [9.17, 15) is 9.59 Å². The standard InChI is InChI=1S/C22H26N2O3S/c1-15(28-21-12-6-18(7-13-21)23-16(2)25)22(26)24(19-8-9-19)14-17-4-10-20(27-3)11-5-17/h4-7,10-13,15,19H,8-9,14H2,1-3H3,(H,23,25). The lowest BCUT2D eigenvalue weighted by atomic mass is 10.2. The molecule has 6 heteroatoms. The maximum atomic E-state index is 13.1. The van der Waals surface area contributed by atoms with E-state index < -0.39 is 0 Å².